The Balaban J connectivity index is 2.57. The lowest BCUT2D eigenvalue weighted by Crippen LogP contribution is -2.41. The van der Waals surface area contributed by atoms with Crippen LogP contribution in [0.1, 0.15) is 27.7 Å². The number of hydrogen-bond acceptors (Lipinski definition) is 2. The second-order valence-corrected chi connectivity index (χ2v) is 6.36. The fourth-order valence-corrected chi connectivity index (χ4v) is 2.14. The van der Waals surface area contributed by atoms with Gasteiger partial charge in [0.1, 0.15) is 0 Å². The minimum Gasteiger partial charge on any atom is -0.399 e. The van der Waals surface area contributed by atoms with Crippen molar-refractivity contribution in [2.24, 2.45) is 0 Å². The van der Waals surface area contributed by atoms with Gasteiger partial charge in [-0.15, -0.1) is 0 Å². The molecule has 1 aliphatic rings. The van der Waals surface area contributed by atoms with E-state index in [-0.39, 0.29) is 0 Å². The average Bonchev–Trinajstić information content (AvgIpc) is 2.53. The summed E-state index contributed by atoms with van der Waals surface area (Å²) in [6.45, 7) is 6.64. The van der Waals surface area contributed by atoms with Gasteiger partial charge in [-0.25, -0.2) is 17.6 Å². The molecule has 1 saturated heterocycles. The summed E-state index contributed by atoms with van der Waals surface area (Å²) in [6, 6.07) is 0. The number of rotatable bonds is 1. The molecule has 1 aromatic rings. The molecule has 1 heterocycles. The van der Waals surface area contributed by atoms with E-state index in [1.165, 1.54) is 0 Å². The van der Waals surface area contributed by atoms with E-state index in [1.54, 1.807) is 27.7 Å². The van der Waals surface area contributed by atoms with Gasteiger partial charge in [0, 0.05) is 0 Å². The molecule has 0 aromatic heterocycles. The minimum atomic E-state index is -1.53. The average molecular weight is 355 g/mol. The fraction of sp³-hybridized carbons (Fsp3) is 0.500. The molecule has 20 heavy (non-hydrogen) atoms. The van der Waals surface area contributed by atoms with Gasteiger partial charge in [0.25, 0.3) is 0 Å². The molecule has 0 unspecified atom stereocenters. The molecule has 2 rings (SSSR count). The lowest BCUT2D eigenvalue weighted by molar-refractivity contribution is 0.00578. The van der Waals surface area contributed by atoms with Crippen molar-refractivity contribution in [3.63, 3.8) is 0 Å². The SMILES string of the molecule is CC1(C)OB(c2c(F)c(F)c(Br)c(F)c2F)OC1(C)C. The zero-order valence-electron chi connectivity index (χ0n) is 11.3. The van der Waals surface area contributed by atoms with Crippen molar-refractivity contribution >= 4 is 28.5 Å². The second kappa shape index (κ2) is 4.71. The van der Waals surface area contributed by atoms with Crippen LogP contribution >= 0.6 is 15.9 Å². The Morgan fingerprint density at radius 3 is 1.50 bits per heavy atom. The van der Waals surface area contributed by atoms with Gasteiger partial charge in [-0.2, -0.15) is 0 Å². The zero-order valence-corrected chi connectivity index (χ0v) is 12.9. The van der Waals surface area contributed by atoms with E-state index in [9.17, 15) is 17.6 Å². The smallest absolute Gasteiger partial charge is 0.399 e. The Bertz CT molecular complexity index is 532. The van der Waals surface area contributed by atoms with Gasteiger partial charge in [-0.05, 0) is 43.6 Å². The minimum absolute atomic E-state index is 0.878. The van der Waals surface area contributed by atoms with Gasteiger partial charge in [0.2, 0.25) is 0 Å². The third kappa shape index (κ3) is 2.18. The summed E-state index contributed by atoms with van der Waals surface area (Å²) in [7, 11) is -1.52. The maximum atomic E-state index is 13.9. The van der Waals surface area contributed by atoms with E-state index in [4.69, 9.17) is 9.31 Å². The molecule has 0 atom stereocenters. The molecule has 0 saturated carbocycles. The molecule has 1 fully saturated rings. The Hall–Kier alpha value is -0.595. The summed E-state index contributed by atoms with van der Waals surface area (Å²) in [5, 5.41) is 0. The Labute approximate surface area is 122 Å². The van der Waals surface area contributed by atoms with Crippen molar-refractivity contribution in [3.8, 4) is 0 Å². The highest BCUT2D eigenvalue weighted by Crippen LogP contribution is 2.37. The molecule has 0 bridgehead atoms. The predicted molar refractivity (Wildman–Crippen MR) is 69.7 cm³/mol. The van der Waals surface area contributed by atoms with Gasteiger partial charge < -0.3 is 9.31 Å². The Kier molecular flexibility index (Phi) is 3.72. The molecule has 1 aromatic carbocycles. The highest BCUT2D eigenvalue weighted by atomic mass is 79.9. The summed E-state index contributed by atoms with van der Waals surface area (Å²) in [4.78, 5) is 0. The van der Waals surface area contributed by atoms with Crippen molar-refractivity contribution in [3.05, 3.63) is 27.7 Å². The quantitative estimate of drug-likeness (QED) is 0.333. The number of benzene rings is 1. The van der Waals surface area contributed by atoms with Gasteiger partial charge in [0.15, 0.2) is 23.3 Å². The monoisotopic (exact) mass is 354 g/mol. The molecular weight excluding hydrogens is 343 g/mol. The highest BCUT2D eigenvalue weighted by Gasteiger charge is 2.54. The first-order valence-corrected chi connectivity index (χ1v) is 6.66. The third-order valence-corrected chi connectivity index (χ3v) is 4.43. The van der Waals surface area contributed by atoms with Gasteiger partial charge in [-0.1, -0.05) is 0 Å². The Morgan fingerprint density at radius 1 is 0.800 bits per heavy atom. The van der Waals surface area contributed by atoms with Crippen LogP contribution in [0.2, 0.25) is 0 Å². The van der Waals surface area contributed by atoms with Crippen molar-refractivity contribution in [1.82, 2.24) is 0 Å². The van der Waals surface area contributed by atoms with Gasteiger partial charge in [-0.3, -0.25) is 0 Å². The van der Waals surface area contributed by atoms with Crippen LogP contribution in [0.4, 0.5) is 17.6 Å². The largest absolute Gasteiger partial charge is 0.501 e. The molecule has 0 N–H and O–H groups in total. The van der Waals surface area contributed by atoms with Crippen LogP contribution in [-0.4, -0.2) is 18.3 Å². The molecule has 1 aliphatic heterocycles. The summed E-state index contributed by atoms with van der Waals surface area (Å²) >= 11 is 2.46. The summed E-state index contributed by atoms with van der Waals surface area (Å²) in [6.07, 6.45) is 0. The van der Waals surface area contributed by atoms with Crippen LogP contribution < -0.4 is 5.46 Å². The van der Waals surface area contributed by atoms with E-state index in [0.717, 1.165) is 0 Å². The number of halogens is 5. The first-order valence-electron chi connectivity index (χ1n) is 5.86. The normalized spacial score (nSPS) is 20.6. The van der Waals surface area contributed by atoms with Gasteiger partial charge in [0.05, 0.1) is 21.1 Å². The van der Waals surface area contributed by atoms with E-state index in [0.29, 0.717) is 0 Å². The Morgan fingerprint density at radius 2 is 1.15 bits per heavy atom. The van der Waals surface area contributed by atoms with Crippen molar-refractivity contribution in [2.75, 3.05) is 0 Å². The van der Waals surface area contributed by atoms with Crippen LogP contribution in [-0.2, 0) is 9.31 Å². The molecule has 2 nitrogen and oxygen atoms in total. The van der Waals surface area contributed by atoms with Crippen LogP contribution in [0.15, 0.2) is 4.47 Å². The van der Waals surface area contributed by atoms with Gasteiger partial charge >= 0.3 is 7.12 Å². The van der Waals surface area contributed by atoms with E-state index in [1.807, 2.05) is 0 Å². The van der Waals surface area contributed by atoms with E-state index in [2.05, 4.69) is 15.9 Å². The molecule has 110 valence electrons. The van der Waals surface area contributed by atoms with Crippen LogP contribution in [0.3, 0.4) is 0 Å². The summed E-state index contributed by atoms with van der Waals surface area (Å²) < 4.78 is 64.8. The molecular formula is C12H12BBrF4O2. The molecule has 0 amide bonds. The van der Waals surface area contributed by atoms with Crippen LogP contribution in [0.25, 0.3) is 0 Å². The second-order valence-electron chi connectivity index (χ2n) is 5.57. The topological polar surface area (TPSA) is 18.5 Å². The summed E-state index contributed by atoms with van der Waals surface area (Å²) in [5.74, 6) is -6.11. The maximum absolute atomic E-state index is 13.9. The third-order valence-electron chi connectivity index (χ3n) is 3.73. The van der Waals surface area contributed by atoms with Crippen LogP contribution in [0, 0.1) is 23.3 Å². The summed E-state index contributed by atoms with van der Waals surface area (Å²) in [5.41, 5.74) is -2.66. The van der Waals surface area contributed by atoms with Crippen LogP contribution in [0.5, 0.6) is 0 Å². The van der Waals surface area contributed by atoms with Crippen molar-refractivity contribution in [2.45, 2.75) is 38.9 Å². The number of hydrogen-bond donors (Lipinski definition) is 0. The van der Waals surface area contributed by atoms with Crippen molar-refractivity contribution < 1.29 is 26.9 Å². The molecule has 0 aliphatic carbocycles. The fourth-order valence-electron chi connectivity index (χ4n) is 1.79. The predicted octanol–water partition coefficient (Wildman–Crippen LogP) is 3.30. The lowest BCUT2D eigenvalue weighted by Gasteiger charge is -2.32. The highest BCUT2D eigenvalue weighted by molar-refractivity contribution is 9.10. The first kappa shape index (κ1) is 15.8. The van der Waals surface area contributed by atoms with E-state index >= 15 is 0 Å². The van der Waals surface area contributed by atoms with E-state index < -0.39 is 51.5 Å². The standard InChI is InChI=1S/C12H12BBrF4O2/c1-11(2)12(3,4)20-13(19-11)5-7(15)9(17)6(14)10(18)8(5)16/h1-4H3. The lowest BCUT2D eigenvalue weighted by atomic mass is 9.78. The maximum Gasteiger partial charge on any atom is 0.501 e. The molecule has 0 spiro atoms. The first-order chi connectivity index (χ1) is 8.99. The molecule has 8 heteroatoms. The zero-order chi connectivity index (χ0) is 15.5. The van der Waals surface area contributed by atoms with Crippen molar-refractivity contribution in [1.29, 1.82) is 0 Å². The molecule has 0 radical (unpaired) electrons.